The molecule has 1 aliphatic carbocycles. The number of hydrogen-bond acceptors (Lipinski definition) is 5. The van der Waals surface area contributed by atoms with Crippen LogP contribution in [0.25, 0.3) is 0 Å². The third-order valence-electron chi connectivity index (χ3n) is 5.72. The van der Waals surface area contributed by atoms with Crippen LogP contribution in [0.1, 0.15) is 62.6 Å². The van der Waals surface area contributed by atoms with Crippen LogP contribution in [0.4, 0.5) is 0 Å². The fraction of sp³-hybridized carbons (Fsp3) is 0.500. The molecular weight excluding hydrogens is 402 g/mol. The average Bonchev–Trinajstić information content (AvgIpc) is 3.41. The number of fused-ring (bicyclic) bond motifs is 1. The van der Waals surface area contributed by atoms with Crippen LogP contribution in [0.15, 0.2) is 59.9 Å². The smallest absolute Gasteiger partial charge is 0.114 e. The van der Waals surface area contributed by atoms with Crippen LogP contribution < -0.4 is 0 Å². The predicted molar refractivity (Wildman–Crippen MR) is 134 cm³/mol. The first-order valence-electron chi connectivity index (χ1n) is 11.7. The molecule has 2 aliphatic rings. The molecule has 1 saturated heterocycles. The van der Waals surface area contributed by atoms with Gasteiger partial charge in [0.25, 0.3) is 0 Å². The molecule has 168 valence electrons. The van der Waals surface area contributed by atoms with Crippen molar-refractivity contribution in [1.29, 1.82) is 0 Å². The largest absolute Gasteiger partial charge is 0.396 e. The van der Waals surface area contributed by atoms with Crippen molar-refractivity contribution in [3.05, 3.63) is 71.5 Å². The Bertz CT molecular complexity index is 815. The number of hydrogen-bond donors (Lipinski definition) is 0. The summed E-state index contributed by atoms with van der Waals surface area (Å²) in [5, 5.41) is 4.27. The van der Waals surface area contributed by atoms with Gasteiger partial charge in [0.2, 0.25) is 0 Å². The molecule has 1 aliphatic heterocycles. The van der Waals surface area contributed by atoms with Crippen molar-refractivity contribution in [1.82, 2.24) is 8.61 Å². The Morgan fingerprint density at radius 1 is 1.19 bits per heavy atom. The summed E-state index contributed by atoms with van der Waals surface area (Å²) in [6.45, 7) is 11.9. The van der Waals surface area contributed by atoms with Crippen LogP contribution in [0, 0.1) is 0 Å². The van der Waals surface area contributed by atoms with Crippen molar-refractivity contribution in [2.45, 2.75) is 58.8 Å². The summed E-state index contributed by atoms with van der Waals surface area (Å²) in [7, 11) is 0. The number of benzene rings is 1. The van der Waals surface area contributed by atoms with Gasteiger partial charge in [-0.05, 0) is 69.2 Å². The second-order valence-electron chi connectivity index (χ2n) is 8.05. The summed E-state index contributed by atoms with van der Waals surface area (Å²) in [4.78, 5) is 5.25. The maximum atomic E-state index is 5.25. The van der Waals surface area contributed by atoms with E-state index in [0.29, 0.717) is 6.61 Å². The van der Waals surface area contributed by atoms with Crippen molar-refractivity contribution < 1.29 is 4.84 Å². The third-order valence-corrected chi connectivity index (χ3v) is 6.91. The van der Waals surface area contributed by atoms with Crippen LogP contribution in [-0.2, 0) is 17.7 Å². The van der Waals surface area contributed by atoms with E-state index in [1.54, 1.807) is 0 Å². The fourth-order valence-electron chi connectivity index (χ4n) is 4.15. The monoisotopic (exact) mass is 439 g/mol. The van der Waals surface area contributed by atoms with E-state index >= 15 is 0 Å². The molecule has 0 aromatic heterocycles. The van der Waals surface area contributed by atoms with Crippen molar-refractivity contribution in [2.75, 3.05) is 26.2 Å². The molecule has 0 radical (unpaired) electrons. The summed E-state index contributed by atoms with van der Waals surface area (Å²) < 4.78 is 4.85. The SMILES string of the molecule is C=C/C=C(\C=C/C)N1CCN(CCCCCCc2ccc3c(c2)CC/C3=N\OCC)S1. The summed E-state index contributed by atoms with van der Waals surface area (Å²) in [5.74, 6) is 0. The third kappa shape index (κ3) is 7.01. The first kappa shape index (κ1) is 23.7. The molecule has 0 unspecified atom stereocenters. The fourth-order valence-corrected chi connectivity index (χ4v) is 5.18. The number of nitrogens with zero attached hydrogens (tertiary/aromatic N) is 3. The molecule has 3 rings (SSSR count). The van der Waals surface area contributed by atoms with Crippen molar-refractivity contribution in [2.24, 2.45) is 5.16 Å². The highest BCUT2D eigenvalue weighted by Crippen LogP contribution is 2.29. The molecule has 1 fully saturated rings. The number of oxime groups is 1. The second kappa shape index (κ2) is 12.8. The van der Waals surface area contributed by atoms with Gasteiger partial charge >= 0.3 is 0 Å². The van der Waals surface area contributed by atoms with E-state index in [2.05, 4.69) is 63.7 Å². The highest BCUT2D eigenvalue weighted by molar-refractivity contribution is 7.95. The quantitative estimate of drug-likeness (QED) is 0.165. The van der Waals surface area contributed by atoms with E-state index in [4.69, 9.17) is 4.84 Å². The van der Waals surface area contributed by atoms with Gasteiger partial charge in [-0.1, -0.05) is 54.9 Å². The summed E-state index contributed by atoms with van der Waals surface area (Å²) in [6, 6.07) is 6.91. The van der Waals surface area contributed by atoms with Gasteiger partial charge in [-0.25, -0.2) is 4.31 Å². The Morgan fingerprint density at radius 3 is 2.87 bits per heavy atom. The lowest BCUT2D eigenvalue weighted by Crippen LogP contribution is -2.13. The minimum Gasteiger partial charge on any atom is -0.396 e. The summed E-state index contributed by atoms with van der Waals surface area (Å²) in [5.41, 5.74) is 6.53. The predicted octanol–water partition coefficient (Wildman–Crippen LogP) is 6.30. The molecule has 0 amide bonds. The Kier molecular flexibility index (Phi) is 9.76. The molecule has 0 saturated carbocycles. The average molecular weight is 440 g/mol. The van der Waals surface area contributed by atoms with Gasteiger partial charge in [-0.15, -0.1) is 0 Å². The molecule has 1 aromatic carbocycles. The van der Waals surface area contributed by atoms with Crippen LogP contribution >= 0.6 is 12.1 Å². The minimum atomic E-state index is 0.634. The van der Waals surface area contributed by atoms with Gasteiger partial charge in [0.05, 0.1) is 5.71 Å². The second-order valence-corrected chi connectivity index (χ2v) is 9.17. The number of aryl methyl sites for hydroxylation is 2. The van der Waals surface area contributed by atoms with Gasteiger partial charge in [-0.3, -0.25) is 0 Å². The Labute approximate surface area is 193 Å². The first-order valence-corrected chi connectivity index (χ1v) is 12.4. The highest BCUT2D eigenvalue weighted by Gasteiger charge is 2.21. The maximum absolute atomic E-state index is 5.25. The topological polar surface area (TPSA) is 28.1 Å². The van der Waals surface area contributed by atoms with E-state index in [1.807, 2.05) is 25.1 Å². The van der Waals surface area contributed by atoms with Gasteiger partial charge in [0.1, 0.15) is 6.61 Å². The Balaban J connectivity index is 1.33. The van der Waals surface area contributed by atoms with Crippen LogP contribution in [0.5, 0.6) is 0 Å². The number of allylic oxidation sites excluding steroid dienone is 4. The van der Waals surface area contributed by atoms with Gasteiger partial charge in [0, 0.05) is 43.0 Å². The summed E-state index contributed by atoms with van der Waals surface area (Å²) >= 11 is 1.86. The van der Waals surface area contributed by atoms with Gasteiger partial charge < -0.3 is 9.14 Å². The zero-order valence-corrected chi connectivity index (χ0v) is 20.0. The zero-order valence-electron chi connectivity index (χ0n) is 19.2. The molecule has 0 spiro atoms. The van der Waals surface area contributed by atoms with Crippen molar-refractivity contribution in [3.63, 3.8) is 0 Å². The van der Waals surface area contributed by atoms with E-state index in [9.17, 15) is 0 Å². The van der Waals surface area contributed by atoms with Gasteiger partial charge in [0.15, 0.2) is 0 Å². The molecule has 5 heteroatoms. The standard InChI is InChI=1S/C26H37N3OS/c1-4-11-24(12-5-2)29-20-19-28(31-29)18-10-8-7-9-13-22-14-16-25-23(21-22)15-17-26(25)27-30-6-3/h4-5,11-12,14,16,21H,1,6-10,13,15,17-20H2,2-3H3/b12-5-,24-11+,27-26+. The molecule has 0 bridgehead atoms. The van der Waals surface area contributed by atoms with E-state index in [1.165, 1.54) is 61.0 Å². The van der Waals surface area contributed by atoms with Crippen LogP contribution in [-0.4, -0.2) is 40.6 Å². The lowest BCUT2D eigenvalue weighted by molar-refractivity contribution is 0.158. The number of unbranched alkanes of at least 4 members (excludes halogenated alkanes) is 3. The molecule has 31 heavy (non-hydrogen) atoms. The Morgan fingerprint density at radius 2 is 2.06 bits per heavy atom. The highest BCUT2D eigenvalue weighted by atomic mass is 32.2. The van der Waals surface area contributed by atoms with E-state index < -0.39 is 0 Å². The zero-order chi connectivity index (χ0) is 21.9. The first-order chi connectivity index (χ1) is 15.2. The van der Waals surface area contributed by atoms with Crippen molar-refractivity contribution >= 4 is 17.8 Å². The van der Waals surface area contributed by atoms with Crippen LogP contribution in [0.2, 0.25) is 0 Å². The lowest BCUT2D eigenvalue weighted by Gasteiger charge is -2.18. The minimum absolute atomic E-state index is 0.634. The molecule has 1 aromatic rings. The molecule has 0 atom stereocenters. The maximum Gasteiger partial charge on any atom is 0.114 e. The van der Waals surface area contributed by atoms with Crippen LogP contribution in [0.3, 0.4) is 0 Å². The Hall–Kier alpha value is -1.98. The van der Waals surface area contributed by atoms with Crippen molar-refractivity contribution in [3.8, 4) is 0 Å². The molecular formula is C26H37N3OS. The lowest BCUT2D eigenvalue weighted by atomic mass is 10.0. The number of rotatable bonds is 12. The molecule has 0 N–H and O–H groups in total. The normalized spacial score (nSPS) is 18.3. The van der Waals surface area contributed by atoms with Gasteiger partial charge in [-0.2, -0.15) is 0 Å². The summed E-state index contributed by atoms with van der Waals surface area (Å²) in [6.07, 6.45) is 16.6. The van der Waals surface area contributed by atoms with E-state index in [0.717, 1.165) is 31.6 Å². The molecule has 4 nitrogen and oxygen atoms in total. The van der Waals surface area contributed by atoms with E-state index in [-0.39, 0.29) is 0 Å². The molecule has 1 heterocycles.